The van der Waals surface area contributed by atoms with Crippen molar-refractivity contribution in [1.29, 1.82) is 0 Å². The minimum Gasteiger partial charge on any atom is -0.465 e. The van der Waals surface area contributed by atoms with Crippen molar-refractivity contribution >= 4 is 44.1 Å². The highest BCUT2D eigenvalue weighted by Crippen LogP contribution is 2.38. The van der Waals surface area contributed by atoms with E-state index in [1.807, 2.05) is 0 Å². The van der Waals surface area contributed by atoms with Gasteiger partial charge in [0.25, 0.3) is 5.91 Å². The van der Waals surface area contributed by atoms with Gasteiger partial charge in [0.1, 0.15) is 5.00 Å². The third-order valence-electron chi connectivity index (χ3n) is 4.72. The van der Waals surface area contributed by atoms with E-state index in [2.05, 4.69) is 5.32 Å². The Morgan fingerprint density at radius 1 is 1.26 bits per heavy atom. The van der Waals surface area contributed by atoms with Gasteiger partial charge in [-0.05, 0) is 37.1 Å². The van der Waals surface area contributed by atoms with Gasteiger partial charge < -0.3 is 19.7 Å². The molecule has 166 valence electrons. The zero-order valence-electron chi connectivity index (χ0n) is 17.3. The second kappa shape index (κ2) is 9.06. The summed E-state index contributed by atoms with van der Waals surface area (Å²) in [6, 6.07) is 5.64. The van der Waals surface area contributed by atoms with Crippen LogP contribution < -0.4 is 5.32 Å². The Labute approximate surface area is 183 Å². The predicted octanol–water partition coefficient (Wildman–Crippen LogP) is 2.71. The molecule has 9 nitrogen and oxygen atoms in total. The van der Waals surface area contributed by atoms with Crippen LogP contribution in [0.2, 0.25) is 0 Å². The van der Waals surface area contributed by atoms with E-state index < -0.39 is 27.8 Å². The zero-order valence-corrected chi connectivity index (χ0v) is 18.9. The van der Waals surface area contributed by atoms with Gasteiger partial charge >= 0.3 is 12.1 Å². The Bertz CT molecular complexity index is 1140. The molecule has 11 heteroatoms. The van der Waals surface area contributed by atoms with E-state index >= 15 is 0 Å². The highest BCUT2D eigenvalue weighted by atomic mass is 32.2. The Balaban J connectivity index is 1.92. The molecule has 0 bridgehead atoms. The summed E-state index contributed by atoms with van der Waals surface area (Å²) in [6.45, 7) is 2.60. The summed E-state index contributed by atoms with van der Waals surface area (Å²) >= 11 is 1.18. The number of sulfone groups is 1. The molecule has 0 saturated heterocycles. The fraction of sp³-hybridized carbons (Fsp3) is 0.350. The first-order valence-corrected chi connectivity index (χ1v) is 12.1. The van der Waals surface area contributed by atoms with Crippen LogP contribution in [0.4, 0.5) is 9.80 Å². The molecular weight excluding hydrogens is 444 g/mol. The van der Waals surface area contributed by atoms with Crippen LogP contribution in [-0.2, 0) is 32.3 Å². The van der Waals surface area contributed by atoms with Gasteiger partial charge in [-0.3, -0.25) is 4.79 Å². The topological polar surface area (TPSA) is 119 Å². The maximum Gasteiger partial charge on any atom is 0.410 e. The third-order valence-corrected chi connectivity index (χ3v) is 6.97. The lowest BCUT2D eigenvalue weighted by atomic mass is 10.0. The first-order valence-electron chi connectivity index (χ1n) is 9.41. The molecular formula is C20H22N2O7S2. The molecule has 0 radical (unpaired) electrons. The van der Waals surface area contributed by atoms with Crippen LogP contribution in [0.3, 0.4) is 0 Å². The number of fused-ring (bicyclic) bond motifs is 1. The second-order valence-electron chi connectivity index (χ2n) is 6.82. The Kier molecular flexibility index (Phi) is 6.65. The number of benzene rings is 1. The summed E-state index contributed by atoms with van der Waals surface area (Å²) in [5.41, 5.74) is 1.11. The average Bonchev–Trinajstić information content (AvgIpc) is 3.09. The number of esters is 1. The van der Waals surface area contributed by atoms with Crippen LogP contribution in [0.1, 0.15) is 38.1 Å². The van der Waals surface area contributed by atoms with Gasteiger partial charge in [0.05, 0.1) is 30.7 Å². The summed E-state index contributed by atoms with van der Waals surface area (Å²) in [5, 5.41) is 2.99. The van der Waals surface area contributed by atoms with Gasteiger partial charge in [0.15, 0.2) is 9.84 Å². The largest absolute Gasteiger partial charge is 0.465 e. The zero-order chi connectivity index (χ0) is 22.8. The Hall–Kier alpha value is -2.92. The van der Waals surface area contributed by atoms with Crippen LogP contribution in [0.25, 0.3) is 0 Å². The van der Waals surface area contributed by atoms with Crippen molar-refractivity contribution in [1.82, 2.24) is 4.90 Å². The number of amides is 2. The van der Waals surface area contributed by atoms with Gasteiger partial charge in [0.2, 0.25) is 0 Å². The smallest absolute Gasteiger partial charge is 0.410 e. The van der Waals surface area contributed by atoms with Crippen molar-refractivity contribution in [2.45, 2.75) is 24.8 Å². The number of nitrogens with one attached hydrogen (secondary N) is 1. The maximum atomic E-state index is 12.8. The van der Waals surface area contributed by atoms with Crippen LogP contribution in [0.15, 0.2) is 29.2 Å². The Morgan fingerprint density at radius 2 is 2.00 bits per heavy atom. The van der Waals surface area contributed by atoms with E-state index in [0.717, 1.165) is 16.7 Å². The van der Waals surface area contributed by atoms with Gasteiger partial charge in [-0.1, -0.05) is 6.07 Å². The minimum absolute atomic E-state index is 0.0175. The second-order valence-corrected chi connectivity index (χ2v) is 9.95. The highest BCUT2D eigenvalue weighted by molar-refractivity contribution is 7.90. The number of hydrogen-bond acceptors (Lipinski definition) is 8. The highest BCUT2D eigenvalue weighted by Gasteiger charge is 2.31. The lowest BCUT2D eigenvalue weighted by Gasteiger charge is -2.26. The van der Waals surface area contributed by atoms with Crippen molar-refractivity contribution in [3.8, 4) is 0 Å². The fourth-order valence-electron chi connectivity index (χ4n) is 3.22. The molecule has 2 aromatic rings. The molecule has 2 heterocycles. The molecule has 0 aliphatic carbocycles. The monoisotopic (exact) mass is 466 g/mol. The Morgan fingerprint density at radius 3 is 2.65 bits per heavy atom. The SMILES string of the molecule is CCOC(=O)N1CCc2c(sc(NC(=O)c3cccc(S(C)(=O)=O)c3)c2C(=O)OC)C1. The summed E-state index contributed by atoms with van der Waals surface area (Å²) < 4.78 is 33.5. The third kappa shape index (κ3) is 4.88. The summed E-state index contributed by atoms with van der Waals surface area (Å²) in [7, 11) is -2.23. The number of thiophene rings is 1. The number of methoxy groups -OCH3 is 1. The van der Waals surface area contributed by atoms with Crippen molar-refractivity contribution in [2.75, 3.05) is 31.8 Å². The molecule has 0 atom stereocenters. The van der Waals surface area contributed by atoms with Crippen LogP contribution >= 0.6 is 11.3 Å². The molecule has 0 spiro atoms. The van der Waals surface area contributed by atoms with Gasteiger partial charge in [0, 0.05) is 23.2 Å². The van der Waals surface area contributed by atoms with Crippen molar-refractivity contribution in [2.24, 2.45) is 0 Å². The molecule has 3 rings (SSSR count). The number of rotatable bonds is 5. The van der Waals surface area contributed by atoms with Crippen LogP contribution in [0.5, 0.6) is 0 Å². The maximum absolute atomic E-state index is 12.8. The molecule has 1 aliphatic heterocycles. The quantitative estimate of drug-likeness (QED) is 0.673. The van der Waals surface area contributed by atoms with Gasteiger partial charge in [-0.15, -0.1) is 11.3 Å². The summed E-state index contributed by atoms with van der Waals surface area (Å²) in [6.07, 6.45) is 1.03. The van der Waals surface area contributed by atoms with E-state index in [9.17, 15) is 22.8 Å². The van der Waals surface area contributed by atoms with E-state index in [0.29, 0.717) is 13.0 Å². The molecule has 1 aromatic carbocycles. The molecule has 0 unspecified atom stereocenters. The summed E-state index contributed by atoms with van der Waals surface area (Å²) in [4.78, 5) is 39.6. The lowest BCUT2D eigenvalue weighted by molar-refractivity contribution is 0.0600. The number of nitrogens with zero attached hydrogens (tertiary/aromatic N) is 1. The molecule has 0 fully saturated rings. The first kappa shape index (κ1) is 22.8. The van der Waals surface area contributed by atoms with Gasteiger partial charge in [-0.2, -0.15) is 0 Å². The molecule has 1 aromatic heterocycles. The molecule has 31 heavy (non-hydrogen) atoms. The van der Waals surface area contributed by atoms with Crippen molar-refractivity contribution in [3.63, 3.8) is 0 Å². The number of hydrogen-bond donors (Lipinski definition) is 1. The molecule has 1 N–H and O–H groups in total. The number of ether oxygens (including phenoxy) is 2. The van der Waals surface area contributed by atoms with Crippen molar-refractivity contribution < 1.29 is 32.3 Å². The van der Waals surface area contributed by atoms with Crippen LogP contribution in [-0.4, -0.2) is 57.8 Å². The standard InChI is InChI=1S/C20H22N2O7S2/c1-4-29-20(25)22-9-8-14-15(11-22)30-18(16(14)19(24)28-2)21-17(23)12-6-5-7-13(10-12)31(3,26)27/h5-7,10H,4,8-9,11H2,1-3H3,(H,21,23). The van der Waals surface area contributed by atoms with Crippen molar-refractivity contribution in [3.05, 3.63) is 45.8 Å². The lowest BCUT2D eigenvalue weighted by Crippen LogP contribution is -2.36. The number of carbonyl (C=O) groups excluding carboxylic acids is 3. The molecule has 1 aliphatic rings. The molecule has 2 amide bonds. The fourth-order valence-corrected chi connectivity index (χ4v) is 5.14. The van der Waals surface area contributed by atoms with E-state index in [4.69, 9.17) is 9.47 Å². The number of anilines is 1. The normalized spacial score (nSPS) is 13.3. The summed E-state index contributed by atoms with van der Waals surface area (Å²) in [5.74, 6) is -1.15. The average molecular weight is 467 g/mol. The molecule has 0 saturated carbocycles. The van der Waals surface area contributed by atoms with Crippen LogP contribution in [0, 0.1) is 0 Å². The van der Waals surface area contributed by atoms with E-state index in [1.165, 1.54) is 47.6 Å². The van der Waals surface area contributed by atoms with E-state index in [-0.39, 0.29) is 34.2 Å². The predicted molar refractivity (Wildman–Crippen MR) is 114 cm³/mol. The van der Waals surface area contributed by atoms with E-state index in [1.54, 1.807) is 6.92 Å². The number of carbonyl (C=O) groups is 3. The van der Waals surface area contributed by atoms with Gasteiger partial charge in [-0.25, -0.2) is 18.0 Å². The minimum atomic E-state index is -3.48. The first-order chi connectivity index (χ1) is 14.7.